The zero-order chi connectivity index (χ0) is 25.4. The Kier molecular flexibility index (Phi) is 6.35. The summed E-state index contributed by atoms with van der Waals surface area (Å²) in [6.45, 7) is 6.50. The molecule has 2 aromatic carbocycles. The molecule has 1 aliphatic rings. The number of nitrogens with one attached hydrogen (secondary N) is 1. The van der Waals surface area contributed by atoms with E-state index in [9.17, 15) is 4.79 Å². The van der Waals surface area contributed by atoms with E-state index in [1.165, 1.54) is 5.56 Å². The lowest BCUT2D eigenvalue weighted by Crippen LogP contribution is -2.31. The van der Waals surface area contributed by atoms with Gasteiger partial charge in [0, 0.05) is 22.6 Å². The summed E-state index contributed by atoms with van der Waals surface area (Å²) in [6.07, 6.45) is 2.39. The van der Waals surface area contributed by atoms with Crippen LogP contribution in [-0.2, 0) is 24.8 Å². The summed E-state index contributed by atoms with van der Waals surface area (Å²) in [5, 5.41) is 12.5. The third kappa shape index (κ3) is 4.39. The molecule has 1 unspecified atom stereocenters. The minimum absolute atomic E-state index is 0.0818. The van der Waals surface area contributed by atoms with Crippen LogP contribution in [0.25, 0.3) is 0 Å². The number of halogens is 1. The van der Waals surface area contributed by atoms with Crippen LogP contribution in [0.3, 0.4) is 0 Å². The van der Waals surface area contributed by atoms with Crippen molar-refractivity contribution in [3.05, 3.63) is 93.1 Å². The highest BCUT2D eigenvalue weighted by molar-refractivity contribution is 6.30. The maximum Gasteiger partial charge on any atom is 0.278 e. The van der Waals surface area contributed by atoms with E-state index in [0.717, 1.165) is 41.2 Å². The van der Waals surface area contributed by atoms with E-state index in [0.29, 0.717) is 35.1 Å². The molecule has 1 aliphatic carbocycles. The lowest BCUT2D eigenvalue weighted by Gasteiger charge is -2.33. The van der Waals surface area contributed by atoms with Gasteiger partial charge in [-0.15, -0.1) is 0 Å². The molecule has 1 atom stereocenters. The highest BCUT2D eigenvalue weighted by atomic mass is 35.5. The number of hydrogen-bond acceptors (Lipinski definition) is 5. The molecule has 1 N–H and O–H groups in total. The van der Waals surface area contributed by atoms with Crippen LogP contribution in [0.1, 0.15) is 57.7 Å². The molecule has 0 aliphatic heterocycles. The molecular weight excluding hydrogens is 476 g/mol. The van der Waals surface area contributed by atoms with Crippen molar-refractivity contribution in [3.8, 4) is 5.75 Å². The fraction of sp³-hybridized carbons (Fsp3) is 0.321. The van der Waals surface area contributed by atoms with Crippen LogP contribution in [0.15, 0.2) is 53.1 Å². The van der Waals surface area contributed by atoms with Gasteiger partial charge in [-0.3, -0.25) is 9.48 Å². The summed E-state index contributed by atoms with van der Waals surface area (Å²) in [5.74, 6) is 1.24. The summed E-state index contributed by atoms with van der Waals surface area (Å²) in [6, 6.07) is 15.9. The predicted molar refractivity (Wildman–Crippen MR) is 139 cm³/mol. The number of benzene rings is 2. The lowest BCUT2D eigenvalue weighted by atomic mass is 9.70. The quantitative estimate of drug-likeness (QED) is 0.353. The maximum absolute atomic E-state index is 13.4. The minimum Gasteiger partial charge on any atom is -0.496 e. The van der Waals surface area contributed by atoms with Gasteiger partial charge in [-0.1, -0.05) is 54.0 Å². The van der Waals surface area contributed by atoms with Gasteiger partial charge in [-0.2, -0.15) is 5.10 Å². The van der Waals surface area contributed by atoms with Gasteiger partial charge < -0.3 is 14.6 Å². The molecule has 4 aromatic rings. The van der Waals surface area contributed by atoms with Crippen molar-refractivity contribution in [2.24, 2.45) is 0 Å². The molecule has 2 aromatic heterocycles. The zero-order valence-electron chi connectivity index (χ0n) is 20.9. The van der Waals surface area contributed by atoms with Crippen molar-refractivity contribution in [1.82, 2.24) is 14.9 Å². The highest BCUT2D eigenvalue weighted by Gasteiger charge is 2.37. The molecule has 5 rings (SSSR count). The number of methoxy groups -OCH3 is 1. The van der Waals surface area contributed by atoms with Crippen LogP contribution in [0.4, 0.5) is 5.69 Å². The summed E-state index contributed by atoms with van der Waals surface area (Å²) in [5.41, 5.74) is 5.52. The Bertz CT molecular complexity index is 1430. The Hall–Kier alpha value is -3.58. The first-order valence-electron chi connectivity index (χ1n) is 12.0. The maximum atomic E-state index is 13.4. The second kappa shape index (κ2) is 9.47. The molecule has 0 saturated heterocycles. The Labute approximate surface area is 215 Å². The Balaban J connectivity index is 1.39. The van der Waals surface area contributed by atoms with Crippen molar-refractivity contribution in [2.45, 2.75) is 52.0 Å². The summed E-state index contributed by atoms with van der Waals surface area (Å²) in [7, 11) is 1.63. The van der Waals surface area contributed by atoms with E-state index in [1.54, 1.807) is 13.2 Å². The molecule has 0 bridgehead atoms. The first-order valence-corrected chi connectivity index (χ1v) is 12.4. The molecule has 36 heavy (non-hydrogen) atoms. The number of anilines is 1. The molecule has 0 radical (unpaired) electrons. The largest absolute Gasteiger partial charge is 0.496 e. The number of carbonyl (C=O) groups is 1. The Morgan fingerprint density at radius 1 is 1.22 bits per heavy atom. The topological polar surface area (TPSA) is 82.2 Å². The van der Waals surface area contributed by atoms with Crippen LogP contribution in [0.5, 0.6) is 5.75 Å². The van der Waals surface area contributed by atoms with E-state index >= 15 is 0 Å². The van der Waals surface area contributed by atoms with Gasteiger partial charge in [0.15, 0.2) is 5.69 Å². The molecule has 8 heteroatoms. The first-order chi connectivity index (χ1) is 17.3. The standard InChI is InChI=1S/C28H29ClN4O3/c1-17-25(18(2)33(31-17)16-19-14-21(29)10-11-23(19)35-4)30-27(34)26-22-15-28(3,13-12-24(22)36-32-26)20-8-6-5-7-9-20/h5-11,14H,12-13,15-16H2,1-4H3,(H,30,34). The normalized spacial score (nSPS) is 17.0. The number of carbonyl (C=O) groups excluding carboxylic acids is 1. The van der Waals surface area contributed by atoms with E-state index in [4.69, 9.17) is 20.9 Å². The van der Waals surface area contributed by atoms with Crippen LogP contribution in [0.2, 0.25) is 5.02 Å². The molecular formula is C28H29ClN4O3. The van der Waals surface area contributed by atoms with E-state index < -0.39 is 0 Å². The summed E-state index contributed by atoms with van der Waals surface area (Å²) in [4.78, 5) is 13.4. The summed E-state index contributed by atoms with van der Waals surface area (Å²) < 4.78 is 12.9. The van der Waals surface area contributed by atoms with Crippen LogP contribution in [-0.4, -0.2) is 28.0 Å². The number of ether oxygens (including phenoxy) is 1. The predicted octanol–water partition coefficient (Wildman–Crippen LogP) is 5.90. The van der Waals surface area contributed by atoms with E-state index in [2.05, 4.69) is 46.8 Å². The number of hydrogen-bond donors (Lipinski definition) is 1. The van der Waals surface area contributed by atoms with Gasteiger partial charge >= 0.3 is 0 Å². The number of aromatic nitrogens is 3. The number of amides is 1. The molecule has 0 saturated carbocycles. The second-order valence-corrected chi connectivity index (χ2v) is 10.1. The van der Waals surface area contributed by atoms with Crippen molar-refractivity contribution < 1.29 is 14.1 Å². The molecule has 0 fully saturated rings. The third-order valence-corrected chi connectivity index (χ3v) is 7.44. The van der Waals surface area contributed by atoms with Crippen LogP contribution in [0, 0.1) is 13.8 Å². The van der Waals surface area contributed by atoms with Gasteiger partial charge in [0.25, 0.3) is 5.91 Å². The van der Waals surface area contributed by atoms with Gasteiger partial charge in [-0.25, -0.2) is 0 Å². The fourth-order valence-electron chi connectivity index (χ4n) is 5.09. The molecule has 0 spiro atoms. The van der Waals surface area contributed by atoms with Gasteiger partial charge in [0.2, 0.25) is 0 Å². The third-order valence-electron chi connectivity index (χ3n) is 7.21. The second-order valence-electron chi connectivity index (χ2n) is 9.65. The van der Waals surface area contributed by atoms with Crippen molar-refractivity contribution >= 4 is 23.2 Å². The smallest absolute Gasteiger partial charge is 0.278 e. The Morgan fingerprint density at radius 2 is 2.00 bits per heavy atom. The highest BCUT2D eigenvalue weighted by Crippen LogP contribution is 2.39. The Morgan fingerprint density at radius 3 is 2.75 bits per heavy atom. The summed E-state index contributed by atoms with van der Waals surface area (Å²) >= 11 is 6.20. The van der Waals surface area contributed by atoms with Gasteiger partial charge in [0.05, 0.1) is 30.7 Å². The molecule has 2 heterocycles. The minimum atomic E-state index is -0.289. The molecule has 7 nitrogen and oxygen atoms in total. The van der Waals surface area contributed by atoms with Gasteiger partial charge in [0.1, 0.15) is 11.5 Å². The monoisotopic (exact) mass is 504 g/mol. The average molecular weight is 505 g/mol. The number of fused-ring (bicyclic) bond motifs is 1. The van der Waals surface area contributed by atoms with Crippen LogP contribution < -0.4 is 10.1 Å². The zero-order valence-corrected chi connectivity index (χ0v) is 21.6. The average Bonchev–Trinajstić information content (AvgIpc) is 3.40. The molecule has 1 amide bonds. The van der Waals surface area contributed by atoms with Gasteiger partial charge in [-0.05, 0) is 55.9 Å². The van der Waals surface area contributed by atoms with E-state index in [-0.39, 0.29) is 11.3 Å². The first kappa shape index (κ1) is 24.1. The SMILES string of the molecule is COc1ccc(Cl)cc1Cn1nc(C)c(NC(=O)c2noc3c2CC(C)(c2ccccc2)CC3)c1C. The number of nitrogens with zero attached hydrogens (tertiary/aromatic N) is 3. The number of rotatable bonds is 6. The molecule has 186 valence electrons. The van der Waals surface area contributed by atoms with Crippen LogP contribution >= 0.6 is 11.6 Å². The fourth-order valence-corrected chi connectivity index (χ4v) is 5.29. The van der Waals surface area contributed by atoms with Crippen molar-refractivity contribution in [1.29, 1.82) is 0 Å². The lowest BCUT2D eigenvalue weighted by molar-refractivity contribution is 0.101. The van der Waals surface area contributed by atoms with Crippen molar-refractivity contribution in [2.75, 3.05) is 12.4 Å². The van der Waals surface area contributed by atoms with E-state index in [1.807, 2.05) is 36.7 Å². The van der Waals surface area contributed by atoms with Crippen molar-refractivity contribution in [3.63, 3.8) is 0 Å². The number of aryl methyl sites for hydroxylation is 2.